The van der Waals surface area contributed by atoms with E-state index in [1.807, 2.05) is 12.2 Å². The summed E-state index contributed by atoms with van der Waals surface area (Å²) >= 11 is 0. The third-order valence-electron chi connectivity index (χ3n) is 6.35. The lowest BCUT2D eigenvalue weighted by molar-refractivity contribution is -0.143. The van der Waals surface area contributed by atoms with Crippen molar-refractivity contribution < 1.29 is 27.6 Å². The largest absolute Gasteiger partial charge is 0.416 e. The Morgan fingerprint density at radius 1 is 0.963 bits per heavy atom. The maximum atomic E-state index is 12.8. The number of hydrazine groups is 1. The Hall–Kier alpha value is -2.64. The second-order valence-corrected chi connectivity index (χ2v) is 7.68. The highest BCUT2D eigenvalue weighted by Crippen LogP contribution is 2.65. The van der Waals surface area contributed by atoms with Gasteiger partial charge < -0.3 is 0 Å². The van der Waals surface area contributed by atoms with Gasteiger partial charge in [0.05, 0.1) is 17.4 Å². The number of amides is 3. The number of rotatable bonds is 2. The number of hydrogen-bond acceptors (Lipinski definition) is 3. The Morgan fingerprint density at radius 3 is 1.96 bits per heavy atom. The zero-order valence-corrected chi connectivity index (χ0v) is 13.9. The number of alkyl halides is 3. The Balaban J connectivity index is 1.35. The van der Waals surface area contributed by atoms with E-state index >= 15 is 0 Å². The van der Waals surface area contributed by atoms with Gasteiger partial charge in [0.15, 0.2) is 0 Å². The summed E-state index contributed by atoms with van der Waals surface area (Å²) in [6, 6.07) is 3.63. The average Bonchev–Trinajstić information content (AvgIpc) is 3.42. The first-order chi connectivity index (χ1) is 12.8. The maximum absolute atomic E-state index is 12.8. The second kappa shape index (κ2) is 5.21. The molecule has 0 aromatic heterocycles. The van der Waals surface area contributed by atoms with Crippen molar-refractivity contribution in [1.29, 1.82) is 0 Å². The van der Waals surface area contributed by atoms with Gasteiger partial charge in [0.2, 0.25) is 0 Å². The molecule has 1 N–H and O–H groups in total. The zero-order chi connectivity index (χ0) is 19.1. The molecule has 5 nitrogen and oxygen atoms in total. The van der Waals surface area contributed by atoms with Gasteiger partial charge in [0.25, 0.3) is 17.7 Å². The van der Waals surface area contributed by atoms with E-state index in [9.17, 15) is 27.6 Å². The predicted molar refractivity (Wildman–Crippen MR) is 85.5 cm³/mol. The lowest BCUT2D eigenvalue weighted by atomic mass is 9.63. The summed E-state index contributed by atoms with van der Waals surface area (Å²) in [5, 5.41) is 0.771. The molecule has 140 valence electrons. The molecule has 27 heavy (non-hydrogen) atoms. The van der Waals surface area contributed by atoms with Crippen LogP contribution in [0.2, 0.25) is 0 Å². The first kappa shape index (κ1) is 16.5. The molecule has 4 aliphatic carbocycles. The highest BCUT2D eigenvalue weighted by molar-refractivity contribution is 6.08. The van der Waals surface area contributed by atoms with E-state index in [1.165, 1.54) is 0 Å². The van der Waals surface area contributed by atoms with E-state index < -0.39 is 41.3 Å². The van der Waals surface area contributed by atoms with Crippen molar-refractivity contribution in [3.05, 3.63) is 47.5 Å². The molecule has 6 atom stereocenters. The lowest BCUT2D eigenvalue weighted by Gasteiger charge is -2.37. The molecule has 5 aliphatic rings. The van der Waals surface area contributed by atoms with Gasteiger partial charge in [0, 0.05) is 5.56 Å². The van der Waals surface area contributed by atoms with Crippen LogP contribution in [0.5, 0.6) is 0 Å². The number of allylic oxidation sites excluding steroid dienone is 2. The number of nitrogens with one attached hydrogen (secondary N) is 1. The molecule has 1 aromatic rings. The van der Waals surface area contributed by atoms with Gasteiger partial charge in [0.1, 0.15) is 0 Å². The van der Waals surface area contributed by atoms with Crippen molar-refractivity contribution >= 4 is 17.7 Å². The quantitative estimate of drug-likeness (QED) is 0.637. The topological polar surface area (TPSA) is 66.5 Å². The number of carbonyl (C=O) groups is 3. The van der Waals surface area contributed by atoms with E-state index in [4.69, 9.17) is 0 Å². The minimum absolute atomic E-state index is 0.0365. The molecule has 3 amide bonds. The van der Waals surface area contributed by atoms with Crippen molar-refractivity contribution in [3.63, 3.8) is 0 Å². The minimum Gasteiger partial charge on any atom is -0.272 e. The number of nitrogens with zero attached hydrogens (tertiary/aromatic N) is 1. The molecule has 2 saturated carbocycles. The number of imide groups is 1. The predicted octanol–water partition coefficient (Wildman–Crippen LogP) is 2.40. The fourth-order valence-corrected chi connectivity index (χ4v) is 5.04. The fourth-order valence-electron chi connectivity index (χ4n) is 5.04. The van der Waals surface area contributed by atoms with Crippen LogP contribution in [0, 0.1) is 35.5 Å². The van der Waals surface area contributed by atoms with Crippen molar-refractivity contribution in [2.75, 3.05) is 0 Å². The van der Waals surface area contributed by atoms with Crippen LogP contribution in [0.1, 0.15) is 22.3 Å². The Bertz CT molecular complexity index is 856. The van der Waals surface area contributed by atoms with E-state index in [0.29, 0.717) is 11.8 Å². The fraction of sp³-hybridized carbons (Fsp3) is 0.421. The summed E-state index contributed by atoms with van der Waals surface area (Å²) < 4.78 is 37.9. The van der Waals surface area contributed by atoms with Crippen LogP contribution in [0.25, 0.3) is 0 Å². The average molecular weight is 376 g/mol. The normalized spacial score (nSPS) is 35.9. The van der Waals surface area contributed by atoms with Gasteiger partial charge in [-0.25, -0.2) is 0 Å². The first-order valence-corrected chi connectivity index (χ1v) is 8.82. The molecule has 8 heteroatoms. The molecule has 0 unspecified atom stereocenters. The number of hydrogen-bond donors (Lipinski definition) is 1. The van der Waals surface area contributed by atoms with Crippen molar-refractivity contribution in [2.24, 2.45) is 35.5 Å². The number of carbonyl (C=O) groups excluding carboxylic acids is 3. The Labute approximate surface area is 152 Å². The van der Waals surface area contributed by atoms with Crippen LogP contribution in [0.3, 0.4) is 0 Å². The second-order valence-electron chi connectivity index (χ2n) is 7.68. The SMILES string of the molecule is O=C(NN1C(=O)[C@@H]2[C@@H]3C=C[C@H]([C@@H]4C[C@H]34)[C@@H]2C1=O)c1ccc(C(F)(F)F)cc1. The van der Waals surface area contributed by atoms with Crippen molar-refractivity contribution in [3.8, 4) is 0 Å². The molecule has 1 aliphatic heterocycles. The third-order valence-corrected chi connectivity index (χ3v) is 6.35. The Morgan fingerprint density at radius 2 is 1.48 bits per heavy atom. The number of benzene rings is 1. The van der Waals surface area contributed by atoms with Crippen LogP contribution < -0.4 is 5.43 Å². The van der Waals surface area contributed by atoms with Crippen molar-refractivity contribution in [2.45, 2.75) is 12.6 Å². The monoisotopic (exact) mass is 376 g/mol. The van der Waals surface area contributed by atoms with Gasteiger partial charge in [-0.2, -0.15) is 18.2 Å². The summed E-state index contributed by atoms with van der Waals surface area (Å²) in [5.74, 6) is -1.54. The smallest absolute Gasteiger partial charge is 0.272 e. The van der Waals surface area contributed by atoms with E-state index in [1.54, 1.807) is 0 Å². The molecule has 1 heterocycles. The van der Waals surface area contributed by atoms with Gasteiger partial charge in [-0.1, -0.05) is 12.2 Å². The minimum atomic E-state index is -4.50. The third kappa shape index (κ3) is 2.28. The maximum Gasteiger partial charge on any atom is 0.416 e. The van der Waals surface area contributed by atoms with Crippen LogP contribution in [-0.2, 0) is 15.8 Å². The van der Waals surface area contributed by atoms with Crippen LogP contribution in [0.4, 0.5) is 13.2 Å². The Kier molecular flexibility index (Phi) is 3.19. The van der Waals surface area contributed by atoms with Crippen LogP contribution in [0.15, 0.2) is 36.4 Å². The van der Waals surface area contributed by atoms with Gasteiger partial charge in [-0.3, -0.25) is 19.8 Å². The first-order valence-electron chi connectivity index (χ1n) is 8.82. The van der Waals surface area contributed by atoms with Gasteiger partial charge in [-0.15, -0.1) is 0 Å². The molecule has 1 aromatic carbocycles. The number of halogens is 3. The van der Waals surface area contributed by atoms with Crippen LogP contribution in [-0.4, -0.2) is 22.7 Å². The molecule has 3 fully saturated rings. The van der Waals surface area contributed by atoms with E-state index in [0.717, 1.165) is 35.7 Å². The summed E-state index contributed by atoms with van der Waals surface area (Å²) in [6.45, 7) is 0. The highest BCUT2D eigenvalue weighted by Gasteiger charge is 2.67. The summed E-state index contributed by atoms with van der Waals surface area (Å²) in [4.78, 5) is 37.9. The van der Waals surface area contributed by atoms with E-state index in [2.05, 4.69) is 5.43 Å². The summed E-state index contributed by atoms with van der Waals surface area (Å²) in [6.07, 6.45) is 0.575. The molecular weight excluding hydrogens is 361 g/mol. The molecule has 2 bridgehead atoms. The highest BCUT2D eigenvalue weighted by atomic mass is 19.4. The molecule has 0 radical (unpaired) electrons. The molecule has 0 spiro atoms. The zero-order valence-electron chi connectivity index (χ0n) is 13.9. The van der Waals surface area contributed by atoms with Crippen LogP contribution >= 0.6 is 0 Å². The van der Waals surface area contributed by atoms with Gasteiger partial charge in [-0.05, 0) is 54.4 Å². The molecular formula is C19H15F3N2O3. The summed E-state index contributed by atoms with van der Waals surface area (Å²) in [7, 11) is 0. The van der Waals surface area contributed by atoms with Crippen molar-refractivity contribution in [1.82, 2.24) is 10.4 Å². The lowest BCUT2D eigenvalue weighted by Crippen LogP contribution is -2.46. The molecule has 1 saturated heterocycles. The molecule has 6 rings (SSSR count). The van der Waals surface area contributed by atoms with Gasteiger partial charge >= 0.3 is 6.18 Å². The van der Waals surface area contributed by atoms with E-state index in [-0.39, 0.29) is 17.4 Å². The standard InChI is InChI=1S/C19H15F3N2O3/c20-19(21,22)9-3-1-8(2-4-9)16(25)23-24-17(26)14-10-5-6-11(13-7-12(10)13)15(14)18(24)27/h1-6,10-15H,7H2,(H,23,25)/t10-,11-,12-,13+,14-,15+/m1/s1. The summed E-state index contributed by atoms with van der Waals surface area (Å²) in [5.41, 5.74) is 1.37.